The zero-order chi connectivity index (χ0) is 19.8. The number of hydrogen-bond donors (Lipinski definition) is 1. The molecule has 0 aliphatic rings. The van der Waals surface area contributed by atoms with E-state index in [1.165, 1.54) is 20.4 Å². The molecule has 26 heavy (non-hydrogen) atoms. The Balaban J connectivity index is 0.000000660. The van der Waals surface area contributed by atoms with Gasteiger partial charge < -0.3 is 34.2 Å². The number of carbonyl (C=O) groups excluding carboxylic acids is 2. The van der Waals surface area contributed by atoms with Crippen molar-refractivity contribution in [1.29, 1.82) is 0 Å². The first kappa shape index (κ1) is 23.6. The van der Waals surface area contributed by atoms with Gasteiger partial charge in [0.25, 0.3) is 5.91 Å². The molecule has 1 rings (SSSR count). The molecular weight excluding hydrogens is 348 g/mol. The Bertz CT molecular complexity index is 539. The molecule has 0 spiro atoms. The molecule has 1 amide bonds. The van der Waals surface area contributed by atoms with Crippen LogP contribution < -0.4 is 15.2 Å². The summed E-state index contributed by atoms with van der Waals surface area (Å²) in [6.07, 6.45) is 1.75. The minimum Gasteiger partial charge on any atom is -0.493 e. The van der Waals surface area contributed by atoms with Crippen LogP contribution in [-0.2, 0) is 23.7 Å². The second kappa shape index (κ2) is 14.9. The molecule has 1 aromatic rings. The van der Waals surface area contributed by atoms with Gasteiger partial charge in [-0.1, -0.05) is 0 Å². The quantitative estimate of drug-likeness (QED) is 0.332. The van der Waals surface area contributed by atoms with Crippen molar-refractivity contribution in [3.05, 3.63) is 18.0 Å². The molecule has 0 radical (unpaired) electrons. The van der Waals surface area contributed by atoms with Gasteiger partial charge in [0.2, 0.25) is 0 Å². The SMILES string of the molecule is COCCC(=O)OC.COCCOCOc1c(OC)ccnc1C(N)=O. The fourth-order valence-corrected chi connectivity index (χ4v) is 1.50. The molecule has 2 N–H and O–H groups in total. The van der Waals surface area contributed by atoms with Crippen molar-refractivity contribution in [3.8, 4) is 11.5 Å². The fourth-order valence-electron chi connectivity index (χ4n) is 1.50. The molecule has 148 valence electrons. The average molecular weight is 374 g/mol. The maximum absolute atomic E-state index is 11.2. The van der Waals surface area contributed by atoms with Crippen LogP contribution in [0.15, 0.2) is 12.3 Å². The molecule has 0 aliphatic heterocycles. The largest absolute Gasteiger partial charge is 0.493 e. The van der Waals surface area contributed by atoms with Crippen LogP contribution in [0.4, 0.5) is 0 Å². The minimum absolute atomic E-state index is 0.00434. The number of aromatic nitrogens is 1. The molecule has 10 nitrogen and oxygen atoms in total. The lowest BCUT2D eigenvalue weighted by molar-refractivity contribution is -0.141. The van der Waals surface area contributed by atoms with Crippen molar-refractivity contribution in [1.82, 2.24) is 4.98 Å². The van der Waals surface area contributed by atoms with Gasteiger partial charge in [-0.15, -0.1) is 0 Å². The zero-order valence-electron chi connectivity index (χ0n) is 15.5. The summed E-state index contributed by atoms with van der Waals surface area (Å²) in [6.45, 7) is 1.22. The Kier molecular flexibility index (Phi) is 13.5. The standard InChI is InChI=1S/C11H16N2O5.C5H10O3/c1-15-5-6-17-7-18-10-8(16-2)3-4-13-9(10)11(12)14;1-7-4-3-5(6)8-2/h3-4H,5-7H2,1-2H3,(H2,12,14);3-4H2,1-2H3. The van der Waals surface area contributed by atoms with Crippen LogP contribution in [0, 0.1) is 0 Å². The van der Waals surface area contributed by atoms with Crippen LogP contribution >= 0.6 is 0 Å². The van der Waals surface area contributed by atoms with E-state index in [1.54, 1.807) is 20.3 Å². The predicted molar refractivity (Wildman–Crippen MR) is 91.1 cm³/mol. The van der Waals surface area contributed by atoms with E-state index in [9.17, 15) is 9.59 Å². The van der Waals surface area contributed by atoms with Crippen LogP contribution in [-0.4, -0.2) is 71.9 Å². The van der Waals surface area contributed by atoms with E-state index >= 15 is 0 Å². The number of esters is 1. The lowest BCUT2D eigenvalue weighted by Gasteiger charge is -2.12. The predicted octanol–water partition coefficient (Wildman–Crippen LogP) is 0.384. The fraction of sp³-hybridized carbons (Fsp3) is 0.562. The monoisotopic (exact) mass is 374 g/mol. The van der Waals surface area contributed by atoms with Crippen molar-refractivity contribution in [2.24, 2.45) is 5.73 Å². The summed E-state index contributed by atoms with van der Waals surface area (Å²) in [6, 6.07) is 1.57. The number of methoxy groups -OCH3 is 4. The van der Waals surface area contributed by atoms with Gasteiger partial charge >= 0.3 is 5.97 Å². The molecule has 0 aromatic carbocycles. The summed E-state index contributed by atoms with van der Waals surface area (Å²) in [4.78, 5) is 25.3. The molecule has 1 aromatic heterocycles. The first-order valence-corrected chi connectivity index (χ1v) is 7.59. The first-order chi connectivity index (χ1) is 12.5. The Morgan fingerprint density at radius 1 is 1.08 bits per heavy atom. The Morgan fingerprint density at radius 2 is 1.77 bits per heavy atom. The summed E-state index contributed by atoms with van der Waals surface area (Å²) in [5, 5.41) is 0. The number of rotatable bonds is 11. The van der Waals surface area contributed by atoms with E-state index in [1.807, 2.05) is 0 Å². The van der Waals surface area contributed by atoms with Crippen molar-refractivity contribution in [2.75, 3.05) is 55.1 Å². The highest BCUT2D eigenvalue weighted by molar-refractivity contribution is 5.94. The van der Waals surface area contributed by atoms with Gasteiger partial charge in [0, 0.05) is 26.5 Å². The van der Waals surface area contributed by atoms with Gasteiger partial charge in [0.15, 0.2) is 24.0 Å². The number of nitrogens with zero attached hydrogens (tertiary/aromatic N) is 1. The molecule has 0 fully saturated rings. The highest BCUT2D eigenvalue weighted by Gasteiger charge is 2.16. The number of amides is 1. The van der Waals surface area contributed by atoms with Crippen molar-refractivity contribution >= 4 is 11.9 Å². The van der Waals surface area contributed by atoms with E-state index in [0.29, 0.717) is 32.0 Å². The lowest BCUT2D eigenvalue weighted by atomic mass is 10.3. The van der Waals surface area contributed by atoms with Crippen LogP contribution in [0.2, 0.25) is 0 Å². The Labute approximate surface area is 152 Å². The van der Waals surface area contributed by atoms with E-state index < -0.39 is 5.91 Å². The van der Waals surface area contributed by atoms with Gasteiger partial charge in [0.1, 0.15) is 0 Å². The van der Waals surface area contributed by atoms with Crippen molar-refractivity contribution in [2.45, 2.75) is 6.42 Å². The molecule has 0 bridgehead atoms. The first-order valence-electron chi connectivity index (χ1n) is 7.59. The van der Waals surface area contributed by atoms with Crippen LogP contribution in [0.1, 0.15) is 16.9 Å². The third-order valence-corrected chi connectivity index (χ3v) is 2.78. The normalized spacial score (nSPS) is 9.69. The molecule has 0 saturated heterocycles. The third-order valence-electron chi connectivity index (χ3n) is 2.78. The van der Waals surface area contributed by atoms with E-state index in [0.717, 1.165) is 0 Å². The Morgan fingerprint density at radius 3 is 2.31 bits per heavy atom. The zero-order valence-corrected chi connectivity index (χ0v) is 15.5. The van der Waals surface area contributed by atoms with Crippen molar-refractivity contribution < 1.29 is 38.0 Å². The molecule has 0 atom stereocenters. The molecule has 0 unspecified atom stereocenters. The topological polar surface area (TPSA) is 128 Å². The maximum atomic E-state index is 11.2. The highest BCUT2D eigenvalue weighted by atomic mass is 16.7. The highest BCUT2D eigenvalue weighted by Crippen LogP contribution is 2.29. The number of ether oxygens (including phenoxy) is 6. The van der Waals surface area contributed by atoms with Gasteiger partial charge in [-0.2, -0.15) is 0 Å². The second-order valence-electron chi connectivity index (χ2n) is 4.54. The van der Waals surface area contributed by atoms with Crippen LogP contribution in [0.3, 0.4) is 0 Å². The number of primary amides is 1. The number of carbonyl (C=O) groups is 2. The van der Waals surface area contributed by atoms with E-state index in [-0.39, 0.29) is 24.2 Å². The smallest absolute Gasteiger partial charge is 0.307 e. The summed E-state index contributed by atoms with van der Waals surface area (Å²) >= 11 is 0. The Hall–Kier alpha value is -2.43. The average Bonchev–Trinajstić information content (AvgIpc) is 2.66. The van der Waals surface area contributed by atoms with Crippen molar-refractivity contribution in [3.63, 3.8) is 0 Å². The summed E-state index contributed by atoms with van der Waals surface area (Å²) in [7, 11) is 5.93. The second-order valence-corrected chi connectivity index (χ2v) is 4.54. The molecular formula is C16H26N2O8. The maximum Gasteiger partial charge on any atom is 0.307 e. The number of hydrogen-bond acceptors (Lipinski definition) is 9. The van der Waals surface area contributed by atoms with Gasteiger partial charge in [-0.05, 0) is 0 Å². The van der Waals surface area contributed by atoms with E-state index in [4.69, 9.17) is 24.7 Å². The summed E-state index contributed by atoms with van der Waals surface area (Å²) in [5.74, 6) is -0.383. The molecule has 0 saturated carbocycles. The van der Waals surface area contributed by atoms with Crippen LogP contribution in [0.5, 0.6) is 11.5 Å². The molecule has 0 aliphatic carbocycles. The van der Waals surface area contributed by atoms with Gasteiger partial charge in [-0.3, -0.25) is 9.59 Å². The minimum atomic E-state index is -0.694. The molecule has 1 heterocycles. The lowest BCUT2D eigenvalue weighted by Crippen LogP contribution is -2.17. The number of nitrogens with two attached hydrogens (primary N) is 1. The van der Waals surface area contributed by atoms with Gasteiger partial charge in [0.05, 0.1) is 40.5 Å². The third kappa shape index (κ3) is 9.77. The van der Waals surface area contributed by atoms with Gasteiger partial charge in [-0.25, -0.2) is 4.98 Å². The van der Waals surface area contributed by atoms with Crippen LogP contribution in [0.25, 0.3) is 0 Å². The summed E-state index contributed by atoms with van der Waals surface area (Å²) < 4.78 is 29.2. The number of pyridine rings is 1. The summed E-state index contributed by atoms with van der Waals surface area (Å²) in [5.41, 5.74) is 5.20. The molecule has 10 heteroatoms. The van der Waals surface area contributed by atoms with E-state index in [2.05, 4.69) is 14.5 Å².